The van der Waals surface area contributed by atoms with Gasteiger partial charge in [-0.05, 0) is 6.92 Å². The zero-order chi connectivity index (χ0) is 17.1. The first-order chi connectivity index (χ1) is 11.6. The Bertz CT molecular complexity index is 699. The van der Waals surface area contributed by atoms with Crippen molar-refractivity contribution in [2.24, 2.45) is 7.05 Å². The molecule has 6 heteroatoms. The molecular weight excluding hydrogens is 306 g/mol. The molecule has 0 N–H and O–H groups in total. The molecule has 0 aliphatic carbocycles. The van der Waals surface area contributed by atoms with Gasteiger partial charge < -0.3 is 9.47 Å². The smallest absolute Gasteiger partial charge is 0.336 e. The predicted octanol–water partition coefficient (Wildman–Crippen LogP) is 1.85. The van der Waals surface area contributed by atoms with Gasteiger partial charge in [0.2, 0.25) is 0 Å². The maximum Gasteiger partial charge on any atom is 0.336 e. The molecule has 2 aromatic rings. The van der Waals surface area contributed by atoms with Gasteiger partial charge in [0.25, 0.3) is 0 Å². The Morgan fingerprint density at radius 2 is 2.08 bits per heavy atom. The minimum absolute atomic E-state index is 0.0142. The van der Waals surface area contributed by atoms with Crippen LogP contribution in [0.2, 0.25) is 0 Å². The summed E-state index contributed by atoms with van der Waals surface area (Å²) in [4.78, 5) is 14.0. The molecule has 0 unspecified atom stereocenters. The summed E-state index contributed by atoms with van der Waals surface area (Å²) in [5, 5.41) is 4.60. The zero-order valence-corrected chi connectivity index (χ0v) is 14.3. The number of esters is 1. The lowest BCUT2D eigenvalue weighted by Crippen LogP contribution is -2.49. The average Bonchev–Trinajstić information content (AvgIpc) is 2.94. The number of hydrogen-bond donors (Lipinski definition) is 0. The lowest BCUT2D eigenvalue weighted by molar-refractivity contribution is -0.166. The molecule has 2 atom stereocenters. The standard InChI is InChI=1S/C18H23N3O3/c1-13-9-21(12-16(24-13)18(22)23-3)11-15-10-20(2)19-17(15)14-7-5-4-6-8-14/h4-8,10,13,16H,9,11-12H2,1-3H3/t13-,16-/m1/s1. The number of aromatic nitrogens is 2. The maximum atomic E-state index is 11.8. The number of carbonyl (C=O) groups excluding carboxylic acids is 1. The fraction of sp³-hybridized carbons (Fsp3) is 0.444. The van der Waals surface area contributed by atoms with E-state index in [2.05, 4.69) is 22.1 Å². The van der Waals surface area contributed by atoms with Gasteiger partial charge in [-0.2, -0.15) is 5.10 Å². The van der Waals surface area contributed by atoms with Crippen molar-refractivity contribution >= 4 is 5.97 Å². The van der Waals surface area contributed by atoms with E-state index in [4.69, 9.17) is 9.47 Å². The van der Waals surface area contributed by atoms with Crippen molar-refractivity contribution in [3.63, 3.8) is 0 Å². The lowest BCUT2D eigenvalue weighted by Gasteiger charge is -2.35. The summed E-state index contributed by atoms with van der Waals surface area (Å²) < 4.78 is 12.3. The molecule has 0 saturated carbocycles. The molecule has 1 saturated heterocycles. The van der Waals surface area contributed by atoms with Crippen LogP contribution in [0.25, 0.3) is 11.3 Å². The van der Waals surface area contributed by atoms with Gasteiger partial charge in [0, 0.05) is 44.0 Å². The summed E-state index contributed by atoms with van der Waals surface area (Å²) in [6.45, 7) is 4.00. The van der Waals surface area contributed by atoms with Gasteiger partial charge in [-0.25, -0.2) is 4.79 Å². The van der Waals surface area contributed by atoms with Crippen molar-refractivity contribution in [2.45, 2.75) is 25.7 Å². The van der Waals surface area contributed by atoms with E-state index in [1.54, 1.807) is 0 Å². The third-order valence-electron chi connectivity index (χ3n) is 4.15. The first-order valence-corrected chi connectivity index (χ1v) is 8.10. The SMILES string of the molecule is COC(=O)[C@H]1CN(Cc2cn(C)nc2-c2ccccc2)C[C@@H](C)O1. The Morgan fingerprint density at radius 3 is 2.79 bits per heavy atom. The zero-order valence-electron chi connectivity index (χ0n) is 14.3. The van der Waals surface area contributed by atoms with E-state index < -0.39 is 6.10 Å². The topological polar surface area (TPSA) is 56.6 Å². The lowest BCUT2D eigenvalue weighted by atomic mass is 10.1. The van der Waals surface area contributed by atoms with Crippen molar-refractivity contribution in [1.82, 2.24) is 14.7 Å². The van der Waals surface area contributed by atoms with Crippen molar-refractivity contribution in [3.8, 4) is 11.3 Å². The third-order valence-corrected chi connectivity index (χ3v) is 4.15. The van der Waals surface area contributed by atoms with Crippen LogP contribution in [0, 0.1) is 0 Å². The second-order valence-electron chi connectivity index (χ2n) is 6.20. The van der Waals surface area contributed by atoms with Gasteiger partial charge in [0.05, 0.1) is 18.9 Å². The van der Waals surface area contributed by atoms with E-state index in [9.17, 15) is 4.79 Å². The molecule has 0 radical (unpaired) electrons. The van der Waals surface area contributed by atoms with E-state index in [0.717, 1.165) is 29.9 Å². The van der Waals surface area contributed by atoms with Gasteiger partial charge >= 0.3 is 5.97 Å². The summed E-state index contributed by atoms with van der Waals surface area (Å²) in [7, 11) is 3.32. The van der Waals surface area contributed by atoms with E-state index in [1.807, 2.05) is 43.0 Å². The monoisotopic (exact) mass is 329 g/mol. The molecule has 1 aromatic carbocycles. The number of rotatable bonds is 4. The Balaban J connectivity index is 1.80. The molecule has 24 heavy (non-hydrogen) atoms. The number of carbonyl (C=O) groups is 1. The molecule has 6 nitrogen and oxygen atoms in total. The van der Waals surface area contributed by atoms with Crippen LogP contribution in [0.15, 0.2) is 36.5 Å². The van der Waals surface area contributed by atoms with Crippen LogP contribution in [-0.2, 0) is 27.9 Å². The van der Waals surface area contributed by atoms with Crippen LogP contribution in [0.4, 0.5) is 0 Å². The normalized spacial score (nSPS) is 21.6. The molecule has 1 aliphatic rings. The summed E-state index contributed by atoms with van der Waals surface area (Å²) in [5.41, 5.74) is 3.22. The number of benzene rings is 1. The fourth-order valence-corrected chi connectivity index (χ4v) is 3.16. The molecule has 128 valence electrons. The number of aryl methyl sites for hydroxylation is 1. The van der Waals surface area contributed by atoms with Crippen molar-refractivity contribution in [2.75, 3.05) is 20.2 Å². The Labute approximate surface area is 142 Å². The molecule has 2 heterocycles. The second-order valence-corrected chi connectivity index (χ2v) is 6.20. The summed E-state index contributed by atoms with van der Waals surface area (Å²) in [5.74, 6) is -0.319. The van der Waals surface area contributed by atoms with E-state index in [-0.39, 0.29) is 12.1 Å². The Morgan fingerprint density at radius 1 is 1.33 bits per heavy atom. The van der Waals surface area contributed by atoms with Crippen molar-refractivity contribution < 1.29 is 14.3 Å². The van der Waals surface area contributed by atoms with Crippen molar-refractivity contribution in [1.29, 1.82) is 0 Å². The summed E-state index contributed by atoms with van der Waals surface area (Å²) in [6.07, 6.45) is 1.49. The van der Waals surface area contributed by atoms with Crippen molar-refractivity contribution in [3.05, 3.63) is 42.1 Å². The molecule has 0 amide bonds. The van der Waals surface area contributed by atoms with Crippen LogP contribution in [0.5, 0.6) is 0 Å². The summed E-state index contributed by atoms with van der Waals surface area (Å²) >= 11 is 0. The molecular formula is C18H23N3O3. The predicted molar refractivity (Wildman–Crippen MR) is 90.3 cm³/mol. The highest BCUT2D eigenvalue weighted by molar-refractivity contribution is 5.75. The summed E-state index contributed by atoms with van der Waals surface area (Å²) in [6, 6.07) is 10.1. The van der Waals surface area contributed by atoms with E-state index in [1.165, 1.54) is 7.11 Å². The number of ether oxygens (including phenoxy) is 2. The van der Waals surface area contributed by atoms with E-state index >= 15 is 0 Å². The van der Waals surface area contributed by atoms with Crippen LogP contribution < -0.4 is 0 Å². The molecule has 3 rings (SSSR count). The Kier molecular flexibility index (Phi) is 4.97. The molecule has 1 fully saturated rings. The minimum atomic E-state index is -0.532. The highest BCUT2D eigenvalue weighted by atomic mass is 16.6. The second kappa shape index (κ2) is 7.15. The number of morpholine rings is 1. The molecule has 0 bridgehead atoms. The molecule has 1 aromatic heterocycles. The minimum Gasteiger partial charge on any atom is -0.467 e. The number of methoxy groups -OCH3 is 1. The largest absolute Gasteiger partial charge is 0.467 e. The van der Waals surface area contributed by atoms with Crippen LogP contribution in [0.1, 0.15) is 12.5 Å². The third kappa shape index (κ3) is 3.66. The average molecular weight is 329 g/mol. The van der Waals surface area contributed by atoms with Gasteiger partial charge in [-0.15, -0.1) is 0 Å². The van der Waals surface area contributed by atoms with Gasteiger partial charge in [0.15, 0.2) is 6.10 Å². The van der Waals surface area contributed by atoms with Crippen LogP contribution >= 0.6 is 0 Å². The van der Waals surface area contributed by atoms with E-state index in [0.29, 0.717) is 6.54 Å². The quantitative estimate of drug-likeness (QED) is 0.801. The number of nitrogens with zero attached hydrogens (tertiary/aromatic N) is 3. The first kappa shape index (κ1) is 16.7. The maximum absolute atomic E-state index is 11.8. The van der Waals surface area contributed by atoms with Crippen LogP contribution in [-0.4, -0.2) is 53.1 Å². The molecule has 1 aliphatic heterocycles. The highest BCUT2D eigenvalue weighted by Crippen LogP contribution is 2.24. The highest BCUT2D eigenvalue weighted by Gasteiger charge is 2.31. The fourth-order valence-electron chi connectivity index (χ4n) is 3.16. The van der Waals surface area contributed by atoms with Crippen LogP contribution in [0.3, 0.4) is 0 Å². The van der Waals surface area contributed by atoms with Gasteiger partial charge in [-0.3, -0.25) is 9.58 Å². The van der Waals surface area contributed by atoms with Gasteiger partial charge in [0.1, 0.15) is 0 Å². The Hall–Kier alpha value is -2.18. The molecule has 0 spiro atoms. The van der Waals surface area contributed by atoms with Gasteiger partial charge in [-0.1, -0.05) is 30.3 Å². The number of hydrogen-bond acceptors (Lipinski definition) is 5. The first-order valence-electron chi connectivity index (χ1n) is 8.10.